The Morgan fingerprint density at radius 2 is 1.82 bits per heavy atom. The van der Waals surface area contributed by atoms with E-state index in [-0.39, 0.29) is 11.9 Å². The molecule has 22 heavy (non-hydrogen) atoms. The first-order chi connectivity index (χ1) is 10.4. The molecule has 2 atom stereocenters. The molecule has 0 aromatic heterocycles. The molecule has 1 amide bonds. The third-order valence-corrected chi connectivity index (χ3v) is 3.73. The number of primary amides is 1. The predicted octanol–water partition coefficient (Wildman–Crippen LogP) is 1.60. The lowest BCUT2D eigenvalue weighted by Crippen LogP contribution is -2.41. The lowest BCUT2D eigenvalue weighted by atomic mass is 9.99. The van der Waals surface area contributed by atoms with E-state index in [1.165, 1.54) is 25.7 Å². The quantitative estimate of drug-likeness (QED) is 0.234. The molecule has 0 heterocycles. The summed E-state index contributed by atoms with van der Waals surface area (Å²) in [5.74, 6) is 0.0224. The van der Waals surface area contributed by atoms with Gasteiger partial charge in [0.25, 0.3) is 0 Å². The number of nitrogens with two attached hydrogens (primary N) is 3. The van der Waals surface area contributed by atoms with Crippen molar-refractivity contribution in [3.05, 3.63) is 12.3 Å². The van der Waals surface area contributed by atoms with Crippen LogP contribution in [0.4, 0.5) is 0 Å². The number of nitrogens with one attached hydrogen (secondary N) is 1. The largest absolute Gasteiger partial charge is 0.377 e. The van der Waals surface area contributed by atoms with Crippen LogP contribution in [0.1, 0.15) is 58.8 Å². The van der Waals surface area contributed by atoms with Gasteiger partial charge in [-0.05, 0) is 25.2 Å². The standard InChI is InChI=1S/C16H33N5O/c1-4-5-6-7-9-12(2)13(3)21-14(15(17)22)10-8-11-20-16(18)19/h12,14,21H,3-11H2,1-2H3,(H2,17,22)(H4,18,19,20). The molecule has 2 unspecified atom stereocenters. The highest BCUT2D eigenvalue weighted by Gasteiger charge is 2.17. The molecule has 0 rings (SSSR count). The fourth-order valence-corrected chi connectivity index (χ4v) is 2.21. The van der Waals surface area contributed by atoms with E-state index in [2.05, 4.69) is 30.7 Å². The molecule has 0 radical (unpaired) electrons. The van der Waals surface area contributed by atoms with Crippen LogP contribution in [-0.2, 0) is 4.79 Å². The summed E-state index contributed by atoms with van der Waals surface area (Å²) in [4.78, 5) is 15.4. The molecule has 7 N–H and O–H groups in total. The number of guanidine groups is 1. The van der Waals surface area contributed by atoms with E-state index in [9.17, 15) is 4.79 Å². The smallest absolute Gasteiger partial charge is 0.239 e. The van der Waals surface area contributed by atoms with Crippen molar-refractivity contribution in [2.75, 3.05) is 6.54 Å². The second-order valence-electron chi connectivity index (χ2n) is 5.82. The van der Waals surface area contributed by atoms with Crippen LogP contribution >= 0.6 is 0 Å². The average Bonchev–Trinajstić information content (AvgIpc) is 2.45. The van der Waals surface area contributed by atoms with E-state index in [4.69, 9.17) is 17.2 Å². The van der Waals surface area contributed by atoms with Crippen molar-refractivity contribution in [2.45, 2.75) is 64.8 Å². The molecular formula is C16H33N5O. The van der Waals surface area contributed by atoms with Gasteiger partial charge in [0.2, 0.25) is 5.91 Å². The van der Waals surface area contributed by atoms with Gasteiger partial charge in [0, 0.05) is 12.2 Å². The monoisotopic (exact) mass is 311 g/mol. The number of hydrogen-bond donors (Lipinski definition) is 4. The van der Waals surface area contributed by atoms with Gasteiger partial charge in [-0.1, -0.05) is 46.1 Å². The van der Waals surface area contributed by atoms with Crippen molar-refractivity contribution in [1.29, 1.82) is 0 Å². The number of amides is 1. The molecular weight excluding hydrogens is 278 g/mol. The van der Waals surface area contributed by atoms with Gasteiger partial charge in [-0.15, -0.1) is 0 Å². The summed E-state index contributed by atoms with van der Waals surface area (Å²) >= 11 is 0. The van der Waals surface area contributed by atoms with Gasteiger partial charge < -0.3 is 22.5 Å². The van der Waals surface area contributed by atoms with Gasteiger partial charge in [-0.3, -0.25) is 9.79 Å². The number of aliphatic imine (C=N–C) groups is 1. The number of nitrogens with zero attached hydrogens (tertiary/aromatic N) is 1. The normalized spacial score (nSPS) is 13.2. The van der Waals surface area contributed by atoms with Gasteiger partial charge in [0.05, 0.1) is 0 Å². The Balaban J connectivity index is 4.16. The fourth-order valence-electron chi connectivity index (χ4n) is 2.21. The molecule has 0 aliphatic heterocycles. The highest BCUT2D eigenvalue weighted by molar-refractivity contribution is 5.80. The summed E-state index contributed by atoms with van der Waals surface area (Å²) in [5, 5.41) is 3.17. The minimum absolute atomic E-state index is 0.0636. The van der Waals surface area contributed by atoms with Crippen molar-refractivity contribution >= 4 is 11.9 Å². The van der Waals surface area contributed by atoms with Crippen molar-refractivity contribution in [2.24, 2.45) is 28.1 Å². The second-order valence-corrected chi connectivity index (χ2v) is 5.82. The van der Waals surface area contributed by atoms with Gasteiger partial charge in [0.1, 0.15) is 6.04 Å². The van der Waals surface area contributed by atoms with Crippen LogP contribution in [0, 0.1) is 5.92 Å². The lowest BCUT2D eigenvalue weighted by Gasteiger charge is -2.22. The Hall–Kier alpha value is -1.72. The molecule has 0 aromatic carbocycles. The molecule has 0 saturated carbocycles. The fraction of sp³-hybridized carbons (Fsp3) is 0.750. The Morgan fingerprint density at radius 1 is 1.14 bits per heavy atom. The van der Waals surface area contributed by atoms with Gasteiger partial charge in [-0.25, -0.2) is 0 Å². The summed E-state index contributed by atoms with van der Waals surface area (Å²) < 4.78 is 0. The zero-order valence-corrected chi connectivity index (χ0v) is 14.1. The summed E-state index contributed by atoms with van der Waals surface area (Å²) in [7, 11) is 0. The molecule has 0 fully saturated rings. The van der Waals surface area contributed by atoms with Crippen molar-refractivity contribution < 1.29 is 4.79 Å². The highest BCUT2D eigenvalue weighted by Crippen LogP contribution is 2.16. The molecule has 0 aromatic rings. The van der Waals surface area contributed by atoms with E-state index >= 15 is 0 Å². The second kappa shape index (κ2) is 11.9. The summed E-state index contributed by atoms with van der Waals surface area (Å²) in [5.41, 5.74) is 16.8. The number of allylic oxidation sites excluding steroid dienone is 1. The first-order valence-corrected chi connectivity index (χ1v) is 8.18. The first kappa shape index (κ1) is 20.3. The molecule has 0 bridgehead atoms. The van der Waals surface area contributed by atoms with Crippen LogP contribution in [0.3, 0.4) is 0 Å². The third-order valence-electron chi connectivity index (χ3n) is 3.73. The SMILES string of the molecule is C=C(NC(CCCN=C(N)N)C(N)=O)C(C)CCCCCC. The lowest BCUT2D eigenvalue weighted by molar-refractivity contribution is -0.120. The summed E-state index contributed by atoms with van der Waals surface area (Å²) in [6.45, 7) is 8.86. The number of rotatable bonds is 13. The van der Waals surface area contributed by atoms with Gasteiger partial charge >= 0.3 is 0 Å². The Morgan fingerprint density at radius 3 is 2.36 bits per heavy atom. The van der Waals surface area contributed by atoms with Gasteiger partial charge in [-0.2, -0.15) is 0 Å². The molecule has 0 aliphatic rings. The summed E-state index contributed by atoms with van der Waals surface area (Å²) in [6, 6.07) is -0.417. The highest BCUT2D eigenvalue weighted by atomic mass is 16.1. The zero-order valence-electron chi connectivity index (χ0n) is 14.1. The minimum Gasteiger partial charge on any atom is -0.377 e. The van der Waals surface area contributed by atoms with E-state index in [1.54, 1.807) is 0 Å². The summed E-state index contributed by atoms with van der Waals surface area (Å²) in [6.07, 6.45) is 7.28. The Kier molecular flexibility index (Phi) is 11.0. The topological polar surface area (TPSA) is 120 Å². The van der Waals surface area contributed by atoms with E-state index < -0.39 is 6.04 Å². The molecule has 6 heteroatoms. The minimum atomic E-state index is -0.417. The maximum absolute atomic E-state index is 11.5. The van der Waals surface area contributed by atoms with E-state index in [0.717, 1.165) is 12.1 Å². The maximum atomic E-state index is 11.5. The number of carbonyl (C=O) groups excluding carboxylic acids is 1. The molecule has 6 nitrogen and oxygen atoms in total. The third kappa shape index (κ3) is 10.1. The average molecular weight is 311 g/mol. The van der Waals surface area contributed by atoms with Crippen LogP contribution in [0.2, 0.25) is 0 Å². The van der Waals surface area contributed by atoms with E-state index in [1.807, 2.05) is 0 Å². The van der Waals surface area contributed by atoms with Crippen LogP contribution in [0.15, 0.2) is 17.3 Å². The number of hydrogen-bond acceptors (Lipinski definition) is 3. The molecule has 0 aliphatic carbocycles. The van der Waals surface area contributed by atoms with Gasteiger partial charge in [0.15, 0.2) is 5.96 Å². The Bertz CT molecular complexity index is 364. The predicted molar refractivity (Wildman–Crippen MR) is 93.1 cm³/mol. The number of unbranched alkanes of at least 4 members (excludes halogenated alkanes) is 3. The first-order valence-electron chi connectivity index (χ1n) is 8.18. The van der Waals surface area contributed by atoms with Crippen molar-refractivity contribution in [3.8, 4) is 0 Å². The molecule has 0 spiro atoms. The number of carbonyl (C=O) groups is 1. The molecule has 128 valence electrons. The van der Waals surface area contributed by atoms with E-state index in [0.29, 0.717) is 25.3 Å². The zero-order chi connectivity index (χ0) is 17.0. The van der Waals surface area contributed by atoms with Crippen LogP contribution < -0.4 is 22.5 Å². The van der Waals surface area contributed by atoms with Crippen LogP contribution in [-0.4, -0.2) is 24.5 Å². The molecule has 0 saturated heterocycles. The maximum Gasteiger partial charge on any atom is 0.239 e. The van der Waals surface area contributed by atoms with Crippen LogP contribution in [0.5, 0.6) is 0 Å². The Labute approximate surface area is 134 Å². The van der Waals surface area contributed by atoms with Crippen molar-refractivity contribution in [3.63, 3.8) is 0 Å². The van der Waals surface area contributed by atoms with Crippen LogP contribution in [0.25, 0.3) is 0 Å². The van der Waals surface area contributed by atoms with Crippen molar-refractivity contribution in [1.82, 2.24) is 5.32 Å².